The fourth-order valence-corrected chi connectivity index (χ4v) is 3.58. The van der Waals surface area contributed by atoms with Crippen LogP contribution in [0.4, 0.5) is 13.2 Å². The number of carbonyl (C=O) groups is 2. The number of benzene rings is 2. The van der Waals surface area contributed by atoms with Crippen molar-refractivity contribution < 1.29 is 22.8 Å². The monoisotopic (exact) mass is 477 g/mol. The van der Waals surface area contributed by atoms with E-state index in [1.807, 2.05) is 13.2 Å². The first-order valence-corrected chi connectivity index (χ1v) is 11.4. The van der Waals surface area contributed by atoms with Gasteiger partial charge in [0.05, 0.1) is 16.9 Å². The molecule has 3 rings (SSSR count). The molecule has 0 aliphatic carbocycles. The molecule has 0 fully saturated rings. The second-order valence-electron chi connectivity index (χ2n) is 7.01. The fourth-order valence-electron chi connectivity index (χ4n) is 3.05. The first-order valence-electron chi connectivity index (χ1n) is 10.0. The van der Waals surface area contributed by atoms with Crippen LogP contribution < -0.4 is 10.6 Å². The first-order chi connectivity index (χ1) is 15.7. The lowest BCUT2D eigenvalue weighted by atomic mass is 10.1. The number of amides is 2. The van der Waals surface area contributed by atoms with Gasteiger partial charge in [-0.1, -0.05) is 17.3 Å². The molecule has 11 heteroatoms. The van der Waals surface area contributed by atoms with Crippen LogP contribution in [0.5, 0.6) is 0 Å². The van der Waals surface area contributed by atoms with Crippen LogP contribution in [-0.2, 0) is 18.5 Å². The molecule has 0 saturated carbocycles. The standard InChI is InChI=1S/C22H22F3N5O2S/c1-3-26-20(31)15-6-10-17(11-7-15)30-18(13-33-2)19(28-29-30)21(32)27-12-14-4-8-16(9-5-14)22(23,24)25/h4-11H,3,12-13H2,1-2H3,(H,26,31)(H,27,32). The van der Waals surface area contributed by atoms with Crippen molar-refractivity contribution in [2.24, 2.45) is 0 Å². The second-order valence-corrected chi connectivity index (χ2v) is 7.88. The molecule has 0 bridgehead atoms. The van der Waals surface area contributed by atoms with Crippen LogP contribution >= 0.6 is 11.8 Å². The largest absolute Gasteiger partial charge is 0.416 e. The zero-order valence-corrected chi connectivity index (χ0v) is 18.8. The Morgan fingerprint density at radius 2 is 1.67 bits per heavy atom. The molecule has 0 saturated heterocycles. The van der Waals surface area contributed by atoms with Gasteiger partial charge in [0, 0.05) is 24.4 Å². The number of aromatic nitrogens is 3. The van der Waals surface area contributed by atoms with Crippen molar-refractivity contribution in [1.82, 2.24) is 25.6 Å². The van der Waals surface area contributed by atoms with Crippen LogP contribution in [0.15, 0.2) is 48.5 Å². The highest BCUT2D eigenvalue weighted by molar-refractivity contribution is 7.97. The number of nitrogens with one attached hydrogen (secondary N) is 2. The molecule has 3 aromatic rings. The van der Waals surface area contributed by atoms with Crippen molar-refractivity contribution in [2.45, 2.75) is 25.4 Å². The third-order valence-electron chi connectivity index (χ3n) is 4.71. The normalized spacial score (nSPS) is 11.3. The van der Waals surface area contributed by atoms with E-state index in [1.165, 1.54) is 28.6 Å². The summed E-state index contributed by atoms with van der Waals surface area (Å²) in [6, 6.07) is 11.3. The number of thioether (sulfide) groups is 1. The number of hydrogen-bond donors (Lipinski definition) is 2. The van der Waals surface area contributed by atoms with E-state index in [1.54, 1.807) is 24.3 Å². The Bertz CT molecular complexity index is 1110. The number of alkyl halides is 3. The summed E-state index contributed by atoms with van der Waals surface area (Å²) in [5.74, 6) is -0.215. The highest BCUT2D eigenvalue weighted by Crippen LogP contribution is 2.29. The molecule has 174 valence electrons. The molecule has 2 N–H and O–H groups in total. The van der Waals surface area contributed by atoms with E-state index in [0.717, 1.165) is 12.1 Å². The summed E-state index contributed by atoms with van der Waals surface area (Å²) in [6.45, 7) is 2.40. The molecule has 1 heterocycles. The van der Waals surface area contributed by atoms with E-state index in [-0.39, 0.29) is 18.1 Å². The van der Waals surface area contributed by atoms with Crippen molar-refractivity contribution in [1.29, 1.82) is 0 Å². The van der Waals surface area contributed by atoms with Crippen molar-refractivity contribution in [3.05, 3.63) is 76.6 Å². The van der Waals surface area contributed by atoms with Crippen LogP contribution in [0.1, 0.15) is 44.6 Å². The smallest absolute Gasteiger partial charge is 0.352 e. The van der Waals surface area contributed by atoms with Crippen LogP contribution in [-0.4, -0.2) is 39.6 Å². The summed E-state index contributed by atoms with van der Waals surface area (Å²) in [5, 5.41) is 13.5. The number of rotatable bonds is 8. The predicted molar refractivity (Wildman–Crippen MR) is 119 cm³/mol. The fraction of sp³-hybridized carbons (Fsp3) is 0.273. The summed E-state index contributed by atoms with van der Waals surface area (Å²) in [7, 11) is 0. The maximum absolute atomic E-state index is 12.7. The Morgan fingerprint density at radius 1 is 1.00 bits per heavy atom. The minimum atomic E-state index is -4.41. The molecular formula is C22H22F3N5O2S. The molecular weight excluding hydrogens is 455 g/mol. The van der Waals surface area contributed by atoms with Crippen molar-refractivity contribution in [2.75, 3.05) is 12.8 Å². The van der Waals surface area contributed by atoms with Crippen molar-refractivity contribution >= 4 is 23.6 Å². The minimum Gasteiger partial charge on any atom is -0.352 e. The van der Waals surface area contributed by atoms with Gasteiger partial charge in [-0.2, -0.15) is 24.9 Å². The SMILES string of the molecule is CCNC(=O)c1ccc(-n2nnc(C(=O)NCc3ccc(C(F)(F)F)cc3)c2CSC)cc1. The van der Waals surface area contributed by atoms with E-state index in [4.69, 9.17) is 0 Å². The van der Waals surface area contributed by atoms with Gasteiger partial charge in [-0.3, -0.25) is 9.59 Å². The molecule has 7 nitrogen and oxygen atoms in total. The van der Waals surface area contributed by atoms with Gasteiger partial charge in [0.2, 0.25) is 0 Å². The van der Waals surface area contributed by atoms with Gasteiger partial charge in [-0.25, -0.2) is 4.68 Å². The maximum atomic E-state index is 12.7. The van der Waals surface area contributed by atoms with Gasteiger partial charge >= 0.3 is 6.18 Å². The summed E-state index contributed by atoms with van der Waals surface area (Å²) in [6.07, 6.45) is -2.54. The van der Waals surface area contributed by atoms with E-state index in [0.29, 0.717) is 34.8 Å². The van der Waals surface area contributed by atoms with Gasteiger partial charge < -0.3 is 10.6 Å². The van der Waals surface area contributed by atoms with E-state index >= 15 is 0 Å². The zero-order valence-electron chi connectivity index (χ0n) is 17.9. The molecule has 0 unspecified atom stereocenters. The lowest BCUT2D eigenvalue weighted by molar-refractivity contribution is -0.137. The van der Waals surface area contributed by atoms with Crippen LogP contribution in [0.25, 0.3) is 5.69 Å². The van der Waals surface area contributed by atoms with Crippen LogP contribution in [0.3, 0.4) is 0 Å². The van der Waals surface area contributed by atoms with Crippen molar-refractivity contribution in [3.63, 3.8) is 0 Å². The predicted octanol–water partition coefficient (Wildman–Crippen LogP) is 3.83. The number of hydrogen-bond acceptors (Lipinski definition) is 5. The van der Waals surface area contributed by atoms with E-state index in [9.17, 15) is 22.8 Å². The van der Waals surface area contributed by atoms with Gasteiger partial charge in [-0.15, -0.1) is 5.10 Å². The maximum Gasteiger partial charge on any atom is 0.416 e. The Balaban J connectivity index is 1.76. The molecule has 0 aliphatic rings. The van der Waals surface area contributed by atoms with E-state index in [2.05, 4.69) is 20.9 Å². The zero-order chi connectivity index (χ0) is 24.0. The molecule has 2 amide bonds. The third kappa shape index (κ3) is 5.92. The number of nitrogens with zero attached hydrogens (tertiary/aromatic N) is 3. The lowest BCUT2D eigenvalue weighted by Crippen LogP contribution is -2.24. The molecule has 33 heavy (non-hydrogen) atoms. The Morgan fingerprint density at radius 3 is 2.24 bits per heavy atom. The molecule has 2 aromatic carbocycles. The van der Waals surface area contributed by atoms with Gasteiger partial charge in [0.25, 0.3) is 11.8 Å². The highest BCUT2D eigenvalue weighted by Gasteiger charge is 2.30. The van der Waals surface area contributed by atoms with Gasteiger partial charge in [-0.05, 0) is 55.1 Å². The number of carbonyl (C=O) groups excluding carboxylic acids is 2. The van der Waals surface area contributed by atoms with Crippen LogP contribution in [0.2, 0.25) is 0 Å². The van der Waals surface area contributed by atoms with Gasteiger partial charge in [0.1, 0.15) is 0 Å². The highest BCUT2D eigenvalue weighted by atomic mass is 32.2. The Kier molecular flexibility index (Phi) is 7.75. The first kappa shape index (κ1) is 24.3. The molecule has 0 atom stereocenters. The molecule has 0 radical (unpaired) electrons. The Hall–Kier alpha value is -3.34. The minimum absolute atomic E-state index is 0.0454. The summed E-state index contributed by atoms with van der Waals surface area (Å²) in [5.41, 5.74) is 1.61. The summed E-state index contributed by atoms with van der Waals surface area (Å²) < 4.78 is 39.6. The molecule has 1 aromatic heterocycles. The Labute approximate surface area is 192 Å². The second kappa shape index (κ2) is 10.5. The summed E-state index contributed by atoms with van der Waals surface area (Å²) >= 11 is 1.48. The van der Waals surface area contributed by atoms with Crippen LogP contribution in [0, 0.1) is 0 Å². The van der Waals surface area contributed by atoms with E-state index < -0.39 is 17.6 Å². The topological polar surface area (TPSA) is 88.9 Å². The van der Waals surface area contributed by atoms with Gasteiger partial charge in [0.15, 0.2) is 5.69 Å². The summed E-state index contributed by atoms with van der Waals surface area (Å²) in [4.78, 5) is 24.7. The lowest BCUT2D eigenvalue weighted by Gasteiger charge is -2.10. The molecule has 0 spiro atoms. The molecule has 0 aliphatic heterocycles. The number of halogens is 3. The van der Waals surface area contributed by atoms with Crippen molar-refractivity contribution in [3.8, 4) is 5.69 Å². The third-order valence-corrected chi connectivity index (χ3v) is 5.27. The quantitative estimate of drug-likeness (QED) is 0.515. The average Bonchev–Trinajstić information content (AvgIpc) is 3.21. The average molecular weight is 478 g/mol.